The van der Waals surface area contributed by atoms with Crippen LogP contribution in [0.15, 0.2) is 60.7 Å². The SMILES string of the molecule is C1=C\COc2ccccc2OCCOCCOc2ccccc2OC/1. The largest absolute Gasteiger partial charge is 0.487 e. The van der Waals surface area contributed by atoms with E-state index in [1.807, 2.05) is 60.7 Å². The summed E-state index contributed by atoms with van der Waals surface area (Å²) in [6.45, 7) is 2.76. The summed E-state index contributed by atoms with van der Waals surface area (Å²) < 4.78 is 28.5. The van der Waals surface area contributed by atoms with Gasteiger partial charge in [-0.1, -0.05) is 24.3 Å². The Hall–Kier alpha value is -2.66. The first-order valence-electron chi connectivity index (χ1n) is 8.35. The van der Waals surface area contributed by atoms with Crippen molar-refractivity contribution in [2.75, 3.05) is 39.6 Å². The van der Waals surface area contributed by atoms with Crippen LogP contribution in [0.4, 0.5) is 0 Å². The second-order valence-electron chi connectivity index (χ2n) is 5.30. The molecule has 0 atom stereocenters. The first-order valence-corrected chi connectivity index (χ1v) is 8.35. The van der Waals surface area contributed by atoms with Crippen LogP contribution in [-0.2, 0) is 4.74 Å². The molecule has 1 aliphatic rings. The van der Waals surface area contributed by atoms with E-state index in [0.717, 1.165) is 0 Å². The predicted molar refractivity (Wildman–Crippen MR) is 94.8 cm³/mol. The first-order chi connectivity index (χ1) is 12.4. The van der Waals surface area contributed by atoms with E-state index in [9.17, 15) is 0 Å². The van der Waals surface area contributed by atoms with Gasteiger partial charge in [0, 0.05) is 0 Å². The maximum atomic E-state index is 5.75. The minimum Gasteiger partial charge on any atom is -0.487 e. The van der Waals surface area contributed by atoms with Gasteiger partial charge in [-0.2, -0.15) is 0 Å². The molecule has 0 aliphatic carbocycles. The highest BCUT2D eigenvalue weighted by Crippen LogP contribution is 2.27. The molecule has 0 saturated carbocycles. The summed E-state index contributed by atoms with van der Waals surface area (Å²) in [7, 11) is 0. The van der Waals surface area contributed by atoms with Gasteiger partial charge in [-0.05, 0) is 36.4 Å². The summed E-state index contributed by atoms with van der Waals surface area (Å²) >= 11 is 0. The maximum absolute atomic E-state index is 5.75. The van der Waals surface area contributed by atoms with Gasteiger partial charge >= 0.3 is 0 Å². The van der Waals surface area contributed by atoms with Crippen LogP contribution in [0, 0.1) is 0 Å². The molecule has 2 aromatic carbocycles. The zero-order chi connectivity index (χ0) is 17.2. The summed E-state index contributed by atoms with van der Waals surface area (Å²) in [6, 6.07) is 15.2. The Morgan fingerprint density at radius 2 is 0.880 bits per heavy atom. The van der Waals surface area contributed by atoms with E-state index in [1.54, 1.807) is 0 Å². The van der Waals surface area contributed by atoms with Crippen LogP contribution < -0.4 is 18.9 Å². The topological polar surface area (TPSA) is 46.2 Å². The monoisotopic (exact) mass is 342 g/mol. The van der Waals surface area contributed by atoms with E-state index in [-0.39, 0.29) is 0 Å². The normalized spacial score (nSPS) is 17.3. The lowest BCUT2D eigenvalue weighted by Gasteiger charge is -2.12. The predicted octanol–water partition coefficient (Wildman–Crippen LogP) is 3.49. The van der Waals surface area contributed by atoms with E-state index < -0.39 is 0 Å². The Morgan fingerprint density at radius 1 is 0.480 bits per heavy atom. The quantitative estimate of drug-likeness (QED) is 0.686. The highest BCUT2D eigenvalue weighted by atomic mass is 16.6. The van der Waals surface area contributed by atoms with Crippen molar-refractivity contribution in [3.8, 4) is 23.0 Å². The fourth-order valence-electron chi connectivity index (χ4n) is 2.31. The summed E-state index contributed by atoms with van der Waals surface area (Å²) in [6.07, 6.45) is 3.84. The van der Waals surface area contributed by atoms with Crippen LogP contribution >= 0.6 is 0 Å². The van der Waals surface area contributed by atoms with Gasteiger partial charge in [-0.15, -0.1) is 0 Å². The number of para-hydroxylation sites is 4. The molecule has 0 spiro atoms. The molecular weight excluding hydrogens is 320 g/mol. The van der Waals surface area contributed by atoms with Crippen molar-refractivity contribution < 1.29 is 23.7 Å². The number of fused-ring (bicyclic) bond motifs is 2. The molecular formula is C20H22O5. The third-order valence-corrected chi connectivity index (χ3v) is 3.51. The van der Waals surface area contributed by atoms with Gasteiger partial charge < -0.3 is 23.7 Å². The summed E-state index contributed by atoms with van der Waals surface area (Å²) in [5.74, 6) is 2.85. The van der Waals surface area contributed by atoms with Gasteiger partial charge in [-0.3, -0.25) is 0 Å². The molecule has 25 heavy (non-hydrogen) atoms. The lowest BCUT2D eigenvalue weighted by Crippen LogP contribution is -2.12. The molecule has 1 heterocycles. The molecule has 0 aromatic heterocycles. The zero-order valence-electron chi connectivity index (χ0n) is 14.1. The lowest BCUT2D eigenvalue weighted by atomic mass is 10.3. The minimum absolute atomic E-state index is 0.443. The fourth-order valence-corrected chi connectivity index (χ4v) is 2.31. The average Bonchev–Trinajstić information content (AvgIpc) is 2.65. The van der Waals surface area contributed by atoms with Crippen molar-refractivity contribution in [1.29, 1.82) is 0 Å². The maximum Gasteiger partial charge on any atom is 0.161 e. The highest BCUT2D eigenvalue weighted by Gasteiger charge is 2.05. The Bertz CT molecular complexity index is 626. The highest BCUT2D eigenvalue weighted by molar-refractivity contribution is 5.40. The molecule has 132 valence electrons. The van der Waals surface area contributed by atoms with Crippen molar-refractivity contribution in [3.05, 3.63) is 60.7 Å². The number of ether oxygens (including phenoxy) is 5. The molecule has 0 amide bonds. The second-order valence-corrected chi connectivity index (χ2v) is 5.30. The smallest absolute Gasteiger partial charge is 0.161 e. The van der Waals surface area contributed by atoms with Crippen LogP contribution in [0.3, 0.4) is 0 Å². The third kappa shape index (κ3) is 5.43. The molecule has 0 radical (unpaired) electrons. The Morgan fingerprint density at radius 3 is 1.32 bits per heavy atom. The Balaban J connectivity index is 1.64. The van der Waals surface area contributed by atoms with Crippen molar-refractivity contribution in [2.24, 2.45) is 0 Å². The van der Waals surface area contributed by atoms with Crippen LogP contribution in [0.1, 0.15) is 0 Å². The van der Waals surface area contributed by atoms with Crippen LogP contribution in [-0.4, -0.2) is 39.6 Å². The number of benzene rings is 2. The van der Waals surface area contributed by atoms with Crippen LogP contribution in [0.5, 0.6) is 23.0 Å². The van der Waals surface area contributed by atoms with Gasteiger partial charge in [-0.25, -0.2) is 0 Å². The molecule has 2 aromatic rings. The molecule has 0 bridgehead atoms. The van der Waals surface area contributed by atoms with Gasteiger partial charge in [0.25, 0.3) is 0 Å². The minimum atomic E-state index is 0.443. The lowest BCUT2D eigenvalue weighted by molar-refractivity contribution is 0.0749. The summed E-state index contributed by atoms with van der Waals surface area (Å²) in [5, 5.41) is 0. The van der Waals surface area contributed by atoms with E-state index in [2.05, 4.69) is 0 Å². The van der Waals surface area contributed by atoms with Crippen molar-refractivity contribution >= 4 is 0 Å². The summed E-state index contributed by atoms with van der Waals surface area (Å²) in [4.78, 5) is 0. The number of hydrogen-bond acceptors (Lipinski definition) is 5. The molecule has 1 aliphatic heterocycles. The third-order valence-electron chi connectivity index (χ3n) is 3.51. The average molecular weight is 342 g/mol. The second kappa shape index (κ2) is 9.59. The van der Waals surface area contributed by atoms with Gasteiger partial charge in [0.1, 0.15) is 26.4 Å². The standard InChI is InChI=1S/C20H22O5/c1-3-9-19-17(7-1)22-11-5-6-12-23-18-8-2-4-10-20(18)25-16-14-21-13-15-24-19/h1-10H,11-16H2/b6-5-. The van der Waals surface area contributed by atoms with Gasteiger partial charge in [0.2, 0.25) is 0 Å². The molecule has 0 fully saturated rings. The molecule has 3 rings (SSSR count). The molecule has 5 nitrogen and oxygen atoms in total. The number of hydrogen-bond donors (Lipinski definition) is 0. The van der Waals surface area contributed by atoms with Gasteiger partial charge in [0.05, 0.1) is 13.2 Å². The van der Waals surface area contributed by atoms with E-state index in [0.29, 0.717) is 62.6 Å². The van der Waals surface area contributed by atoms with Crippen molar-refractivity contribution in [1.82, 2.24) is 0 Å². The molecule has 0 saturated heterocycles. The van der Waals surface area contributed by atoms with E-state index >= 15 is 0 Å². The van der Waals surface area contributed by atoms with E-state index in [1.165, 1.54) is 0 Å². The van der Waals surface area contributed by atoms with Crippen molar-refractivity contribution in [3.63, 3.8) is 0 Å². The summed E-state index contributed by atoms with van der Waals surface area (Å²) in [5.41, 5.74) is 0. The molecule has 0 unspecified atom stereocenters. The van der Waals surface area contributed by atoms with Gasteiger partial charge in [0.15, 0.2) is 23.0 Å². The fraction of sp³-hybridized carbons (Fsp3) is 0.300. The zero-order valence-corrected chi connectivity index (χ0v) is 14.1. The van der Waals surface area contributed by atoms with Crippen LogP contribution in [0.25, 0.3) is 0 Å². The van der Waals surface area contributed by atoms with Crippen molar-refractivity contribution in [2.45, 2.75) is 0 Å². The number of rotatable bonds is 0. The first kappa shape index (κ1) is 17.2. The van der Waals surface area contributed by atoms with E-state index in [4.69, 9.17) is 23.7 Å². The Kier molecular flexibility index (Phi) is 6.59. The molecule has 0 N–H and O–H groups in total. The van der Waals surface area contributed by atoms with Crippen LogP contribution in [0.2, 0.25) is 0 Å². The Labute approximate surface area is 147 Å². The molecule has 5 heteroatoms.